The van der Waals surface area contributed by atoms with Gasteiger partial charge < -0.3 is 34.2 Å². The Morgan fingerprint density at radius 3 is 2.55 bits per heavy atom. The lowest BCUT2D eigenvalue weighted by molar-refractivity contribution is -0.138. The number of pyridine rings is 1. The number of carbonyl (C=O) groups excluding carboxylic acids is 2. The molecule has 244 valence electrons. The minimum atomic E-state index is -0.950. The average Bonchev–Trinajstić information content (AvgIpc) is 3.06. The topological polar surface area (TPSA) is 151 Å². The molecule has 3 N–H and O–H groups in total. The van der Waals surface area contributed by atoms with Crippen LogP contribution in [0.2, 0.25) is 0 Å². The maximum Gasteiger partial charge on any atom is 0.250 e. The summed E-state index contributed by atoms with van der Waals surface area (Å²) in [7, 11) is 1.39. The summed E-state index contributed by atoms with van der Waals surface area (Å²) < 4.78 is 12.9. The van der Waals surface area contributed by atoms with E-state index >= 15 is 0 Å². The van der Waals surface area contributed by atoms with Crippen LogP contribution in [0, 0.1) is 12.8 Å². The number of aromatic hydroxyl groups is 2. The van der Waals surface area contributed by atoms with E-state index in [9.17, 15) is 29.4 Å². The number of likely N-dealkylation sites (tertiary alicyclic amines) is 1. The van der Waals surface area contributed by atoms with E-state index in [1.54, 1.807) is 34.6 Å². The van der Waals surface area contributed by atoms with Crippen LogP contribution in [0.15, 0.2) is 86.8 Å². The molecule has 1 fully saturated rings. The van der Waals surface area contributed by atoms with Gasteiger partial charge in [-0.1, -0.05) is 42.5 Å². The van der Waals surface area contributed by atoms with Crippen molar-refractivity contribution in [3.05, 3.63) is 122 Å². The van der Waals surface area contributed by atoms with Gasteiger partial charge in [0.05, 0.1) is 13.0 Å². The highest BCUT2D eigenvalue weighted by atomic mass is 16.5. The van der Waals surface area contributed by atoms with Crippen LogP contribution in [-0.4, -0.2) is 57.7 Å². The molecule has 2 amide bonds. The fourth-order valence-electron chi connectivity index (χ4n) is 6.92. The van der Waals surface area contributed by atoms with Gasteiger partial charge in [0.15, 0.2) is 17.3 Å². The number of benzene rings is 2. The summed E-state index contributed by atoms with van der Waals surface area (Å²) in [4.78, 5) is 55.0. The number of fused-ring (bicyclic) bond motifs is 4. The molecule has 2 aromatic carbocycles. The Morgan fingerprint density at radius 2 is 1.79 bits per heavy atom. The zero-order valence-electron chi connectivity index (χ0n) is 26.2. The summed E-state index contributed by atoms with van der Waals surface area (Å²) >= 11 is 0. The fourth-order valence-corrected chi connectivity index (χ4v) is 6.92. The zero-order valence-corrected chi connectivity index (χ0v) is 26.2. The van der Waals surface area contributed by atoms with Gasteiger partial charge in [-0.15, -0.1) is 0 Å². The molecule has 4 aromatic rings. The molecule has 11 heteroatoms. The molecule has 6 rings (SSSR count). The maximum absolute atomic E-state index is 14.2. The van der Waals surface area contributed by atoms with E-state index in [-0.39, 0.29) is 59.2 Å². The highest BCUT2D eigenvalue weighted by molar-refractivity contribution is 5.88. The summed E-state index contributed by atoms with van der Waals surface area (Å²) in [5.41, 5.74) is 1.53. The quantitative estimate of drug-likeness (QED) is 0.252. The van der Waals surface area contributed by atoms with Crippen molar-refractivity contribution in [1.82, 2.24) is 14.8 Å². The fraction of sp³-hybridized carbons (Fsp3) is 0.333. The monoisotopic (exact) mass is 639 g/mol. The predicted molar refractivity (Wildman–Crippen MR) is 173 cm³/mol. The zero-order chi connectivity index (χ0) is 33.2. The van der Waals surface area contributed by atoms with Gasteiger partial charge in [0.1, 0.15) is 11.8 Å². The number of carbonyl (C=O) groups is 2. The SMILES string of the molecule is COc1cc(C(CC(=O)N[C@@H](Cc2ccccc2)C(=O)N2C[C@H]3C[C@@H](C2)c2cccc(=O)n2C3)c2oc(C)cc(=O)c2O)ccc1O. The molecular weight excluding hydrogens is 602 g/mol. The first-order valence-corrected chi connectivity index (χ1v) is 15.6. The predicted octanol–water partition coefficient (Wildman–Crippen LogP) is 3.43. The van der Waals surface area contributed by atoms with Crippen molar-refractivity contribution in [2.75, 3.05) is 20.2 Å². The molecule has 0 spiro atoms. The van der Waals surface area contributed by atoms with Crippen molar-refractivity contribution in [2.24, 2.45) is 5.92 Å². The lowest BCUT2D eigenvalue weighted by atomic mass is 9.82. The van der Waals surface area contributed by atoms with Crippen molar-refractivity contribution in [1.29, 1.82) is 0 Å². The van der Waals surface area contributed by atoms with Gasteiger partial charge >= 0.3 is 0 Å². The van der Waals surface area contributed by atoms with Crippen LogP contribution in [0.5, 0.6) is 17.2 Å². The van der Waals surface area contributed by atoms with E-state index in [0.29, 0.717) is 25.2 Å². The number of phenols is 1. The first-order chi connectivity index (χ1) is 22.6. The largest absolute Gasteiger partial charge is 0.504 e. The highest BCUT2D eigenvalue weighted by Crippen LogP contribution is 2.38. The number of nitrogens with one attached hydrogen (secondary N) is 1. The molecule has 0 radical (unpaired) electrons. The lowest BCUT2D eigenvalue weighted by Crippen LogP contribution is -2.55. The van der Waals surface area contributed by atoms with Gasteiger partial charge in [0.25, 0.3) is 5.56 Å². The number of aromatic nitrogens is 1. The average molecular weight is 640 g/mol. The van der Waals surface area contributed by atoms with Crippen LogP contribution in [0.3, 0.4) is 0 Å². The second kappa shape index (κ2) is 13.2. The minimum absolute atomic E-state index is 0.00878. The molecule has 2 aliphatic rings. The molecule has 47 heavy (non-hydrogen) atoms. The Morgan fingerprint density at radius 1 is 1.00 bits per heavy atom. The molecule has 1 unspecified atom stereocenters. The molecule has 2 aromatic heterocycles. The van der Waals surface area contributed by atoms with E-state index in [1.165, 1.54) is 19.2 Å². The van der Waals surface area contributed by atoms with E-state index in [0.717, 1.165) is 23.7 Å². The van der Waals surface area contributed by atoms with E-state index in [4.69, 9.17) is 9.15 Å². The molecule has 2 bridgehead atoms. The van der Waals surface area contributed by atoms with Crippen LogP contribution in [0.4, 0.5) is 0 Å². The molecule has 4 heterocycles. The highest BCUT2D eigenvalue weighted by Gasteiger charge is 2.39. The van der Waals surface area contributed by atoms with Gasteiger partial charge in [0, 0.05) is 56.2 Å². The first kappa shape index (κ1) is 31.7. The number of ether oxygens (including phenoxy) is 1. The molecular formula is C36H37N3O8. The molecule has 4 atom stereocenters. The Kier molecular flexibility index (Phi) is 8.88. The second-order valence-electron chi connectivity index (χ2n) is 12.4. The number of nitrogens with zero attached hydrogens (tertiary/aromatic N) is 2. The summed E-state index contributed by atoms with van der Waals surface area (Å²) in [6.45, 7) is 3.00. The van der Waals surface area contributed by atoms with E-state index in [2.05, 4.69) is 5.32 Å². The normalized spacial score (nSPS) is 18.1. The van der Waals surface area contributed by atoms with Crippen LogP contribution in [0.1, 0.15) is 53.0 Å². The molecule has 2 aliphatic heterocycles. The molecule has 1 saturated heterocycles. The smallest absolute Gasteiger partial charge is 0.250 e. The molecule has 11 nitrogen and oxygen atoms in total. The van der Waals surface area contributed by atoms with E-state index in [1.807, 2.05) is 36.4 Å². The Balaban J connectivity index is 1.29. The standard InChI is InChI=1S/C36H37N3O8/c1-21-13-30(41)34(44)35(47-21)26(24-11-12-29(40)31(16-24)46-2)17-32(42)37-27(15-22-7-4-3-5-8-22)36(45)38-18-23-14-25(20-38)28-9-6-10-33(43)39(28)19-23/h3-13,16,23,25-27,40,44H,14-15,17-20H2,1-2H3,(H,37,42)/t23-,25+,26?,27+/m1/s1. The van der Waals surface area contributed by atoms with Gasteiger partial charge in [0.2, 0.25) is 23.0 Å². The van der Waals surface area contributed by atoms with Crippen molar-refractivity contribution in [3.8, 4) is 17.2 Å². The maximum atomic E-state index is 14.2. The number of aryl methyl sites for hydroxylation is 1. The summed E-state index contributed by atoms with van der Waals surface area (Å²) in [6.07, 6.45) is 0.843. The third-order valence-corrected chi connectivity index (χ3v) is 9.09. The Labute approximate surface area is 271 Å². The number of amides is 2. The number of hydrogen-bond donors (Lipinski definition) is 3. The third-order valence-electron chi connectivity index (χ3n) is 9.09. The summed E-state index contributed by atoms with van der Waals surface area (Å²) in [5, 5.41) is 23.9. The van der Waals surface area contributed by atoms with E-state index < -0.39 is 29.0 Å². The first-order valence-electron chi connectivity index (χ1n) is 15.6. The second-order valence-corrected chi connectivity index (χ2v) is 12.4. The summed E-state index contributed by atoms with van der Waals surface area (Å²) in [6, 6.07) is 19.4. The van der Waals surface area contributed by atoms with Crippen LogP contribution in [0.25, 0.3) is 0 Å². The molecule has 0 saturated carbocycles. The number of hydrogen-bond acceptors (Lipinski definition) is 8. The van der Waals surface area contributed by atoms with Crippen LogP contribution < -0.4 is 21.0 Å². The lowest BCUT2D eigenvalue weighted by Gasteiger charge is -2.43. The minimum Gasteiger partial charge on any atom is -0.504 e. The number of methoxy groups -OCH3 is 1. The number of phenolic OH excluding ortho intramolecular Hbond substituents is 1. The van der Waals surface area contributed by atoms with Crippen LogP contribution in [-0.2, 0) is 22.6 Å². The Bertz CT molecular complexity index is 1920. The Hall–Kier alpha value is -5.32. The van der Waals surface area contributed by atoms with Crippen molar-refractivity contribution in [3.63, 3.8) is 0 Å². The van der Waals surface area contributed by atoms with Crippen LogP contribution >= 0.6 is 0 Å². The number of piperidine rings is 1. The van der Waals surface area contributed by atoms with Crippen molar-refractivity contribution in [2.45, 2.75) is 50.6 Å². The van der Waals surface area contributed by atoms with Gasteiger partial charge in [-0.25, -0.2) is 0 Å². The van der Waals surface area contributed by atoms with Gasteiger partial charge in [-0.05, 0) is 48.6 Å². The van der Waals surface area contributed by atoms with Crippen molar-refractivity contribution < 1.29 is 29.0 Å². The van der Waals surface area contributed by atoms with Crippen molar-refractivity contribution >= 4 is 11.8 Å². The third kappa shape index (κ3) is 6.65. The molecule has 0 aliphatic carbocycles. The van der Waals surface area contributed by atoms with Gasteiger partial charge in [-0.3, -0.25) is 19.2 Å². The number of rotatable bonds is 9. The summed E-state index contributed by atoms with van der Waals surface area (Å²) in [5.74, 6) is -2.04. The van der Waals surface area contributed by atoms with Gasteiger partial charge in [-0.2, -0.15) is 0 Å².